The van der Waals surface area contributed by atoms with Gasteiger partial charge >= 0.3 is 0 Å². The highest BCUT2D eigenvalue weighted by molar-refractivity contribution is 5.80. The van der Waals surface area contributed by atoms with E-state index in [0.717, 1.165) is 19.3 Å². The van der Waals surface area contributed by atoms with Gasteiger partial charge in [-0.3, -0.25) is 4.79 Å². The highest BCUT2D eigenvalue weighted by Crippen LogP contribution is 2.07. The number of rotatable bonds is 7. The van der Waals surface area contributed by atoms with Gasteiger partial charge in [-0.2, -0.15) is 0 Å². The van der Waals surface area contributed by atoms with Gasteiger partial charge in [0.15, 0.2) is 0 Å². The van der Waals surface area contributed by atoms with E-state index in [0.29, 0.717) is 6.04 Å². The van der Waals surface area contributed by atoms with E-state index in [-0.39, 0.29) is 17.9 Å². The number of nitrogens with one attached hydrogen (secondary N) is 1. The Morgan fingerprint density at radius 2 is 1.93 bits per heavy atom. The standard InChI is InChI=1S/C11H24N2O/c1-5-7-9(6-2)13-10(8(3)4)11(12)14/h8-10,13H,5-7H2,1-4H3,(H2,12,14). The molecule has 0 heterocycles. The predicted octanol–water partition coefficient (Wildman–Crippen LogP) is 1.66. The van der Waals surface area contributed by atoms with Gasteiger partial charge in [-0.1, -0.05) is 34.1 Å². The molecule has 0 aliphatic carbocycles. The van der Waals surface area contributed by atoms with Crippen molar-refractivity contribution in [3.8, 4) is 0 Å². The minimum atomic E-state index is -0.241. The van der Waals surface area contributed by atoms with Crippen molar-refractivity contribution in [1.29, 1.82) is 0 Å². The van der Waals surface area contributed by atoms with Crippen LogP contribution >= 0.6 is 0 Å². The molecule has 3 heteroatoms. The minimum Gasteiger partial charge on any atom is -0.368 e. The van der Waals surface area contributed by atoms with Crippen LogP contribution in [0.2, 0.25) is 0 Å². The Hall–Kier alpha value is -0.570. The molecular weight excluding hydrogens is 176 g/mol. The lowest BCUT2D eigenvalue weighted by molar-refractivity contribution is -0.121. The molecule has 2 unspecified atom stereocenters. The van der Waals surface area contributed by atoms with Crippen LogP contribution in [-0.2, 0) is 4.79 Å². The predicted molar refractivity (Wildman–Crippen MR) is 59.9 cm³/mol. The molecule has 14 heavy (non-hydrogen) atoms. The lowest BCUT2D eigenvalue weighted by Crippen LogP contribution is -2.49. The third-order valence-corrected chi connectivity index (χ3v) is 2.52. The van der Waals surface area contributed by atoms with Gasteiger partial charge in [-0.15, -0.1) is 0 Å². The zero-order valence-corrected chi connectivity index (χ0v) is 9.84. The number of amides is 1. The Bertz CT molecular complexity index is 169. The fraction of sp³-hybridized carbons (Fsp3) is 0.909. The summed E-state index contributed by atoms with van der Waals surface area (Å²) in [6, 6.07) is 0.228. The van der Waals surface area contributed by atoms with Crippen molar-refractivity contribution in [2.45, 2.75) is 59.0 Å². The molecule has 0 aromatic heterocycles. The Morgan fingerprint density at radius 1 is 1.36 bits per heavy atom. The Balaban J connectivity index is 4.18. The van der Waals surface area contributed by atoms with Crippen LogP contribution in [0.15, 0.2) is 0 Å². The second-order valence-electron chi connectivity index (χ2n) is 4.18. The number of nitrogens with two attached hydrogens (primary N) is 1. The highest BCUT2D eigenvalue weighted by Gasteiger charge is 2.21. The fourth-order valence-corrected chi connectivity index (χ4v) is 1.61. The topological polar surface area (TPSA) is 55.1 Å². The van der Waals surface area contributed by atoms with Gasteiger partial charge in [0.25, 0.3) is 0 Å². The van der Waals surface area contributed by atoms with Gasteiger partial charge < -0.3 is 11.1 Å². The van der Waals surface area contributed by atoms with Gasteiger partial charge in [-0.25, -0.2) is 0 Å². The SMILES string of the molecule is CCCC(CC)NC(C(N)=O)C(C)C. The van der Waals surface area contributed by atoms with E-state index in [1.165, 1.54) is 0 Å². The van der Waals surface area contributed by atoms with Gasteiger partial charge in [0.1, 0.15) is 0 Å². The van der Waals surface area contributed by atoms with Crippen LogP contribution in [0.3, 0.4) is 0 Å². The quantitative estimate of drug-likeness (QED) is 0.656. The molecule has 0 aromatic rings. The number of carbonyl (C=O) groups is 1. The fourth-order valence-electron chi connectivity index (χ4n) is 1.61. The second-order valence-corrected chi connectivity index (χ2v) is 4.18. The molecular formula is C11H24N2O. The monoisotopic (exact) mass is 200 g/mol. The van der Waals surface area contributed by atoms with Crippen LogP contribution < -0.4 is 11.1 Å². The Kier molecular flexibility index (Phi) is 6.54. The molecule has 0 radical (unpaired) electrons. The van der Waals surface area contributed by atoms with Crippen LogP contribution in [0.4, 0.5) is 0 Å². The molecule has 0 fully saturated rings. The summed E-state index contributed by atoms with van der Waals surface area (Å²) in [5.74, 6) is 0.0213. The summed E-state index contributed by atoms with van der Waals surface area (Å²) in [6.45, 7) is 8.31. The normalized spacial score (nSPS) is 15.5. The van der Waals surface area contributed by atoms with E-state index in [2.05, 4.69) is 19.2 Å². The van der Waals surface area contributed by atoms with Crippen molar-refractivity contribution < 1.29 is 4.79 Å². The molecule has 2 atom stereocenters. The summed E-state index contributed by atoms with van der Waals surface area (Å²) in [5, 5.41) is 3.33. The van der Waals surface area contributed by atoms with E-state index in [1.54, 1.807) is 0 Å². The van der Waals surface area contributed by atoms with E-state index in [4.69, 9.17) is 5.73 Å². The van der Waals surface area contributed by atoms with Crippen LogP contribution in [0.25, 0.3) is 0 Å². The first-order valence-corrected chi connectivity index (χ1v) is 5.58. The molecule has 0 aromatic carbocycles. The minimum absolute atomic E-state index is 0.188. The first kappa shape index (κ1) is 13.4. The number of hydrogen-bond donors (Lipinski definition) is 2. The summed E-state index contributed by atoms with van der Waals surface area (Å²) in [6.07, 6.45) is 3.28. The van der Waals surface area contributed by atoms with Crippen LogP contribution in [0.5, 0.6) is 0 Å². The second kappa shape index (κ2) is 6.82. The average Bonchev–Trinajstić information content (AvgIpc) is 2.10. The van der Waals surface area contributed by atoms with Gasteiger partial charge in [-0.05, 0) is 18.8 Å². The summed E-state index contributed by atoms with van der Waals surface area (Å²) in [7, 11) is 0. The van der Waals surface area contributed by atoms with Crippen LogP contribution in [0, 0.1) is 5.92 Å². The largest absolute Gasteiger partial charge is 0.368 e. The van der Waals surface area contributed by atoms with Gasteiger partial charge in [0.2, 0.25) is 5.91 Å². The zero-order chi connectivity index (χ0) is 11.1. The van der Waals surface area contributed by atoms with Crippen molar-refractivity contribution in [3.05, 3.63) is 0 Å². The summed E-state index contributed by atoms with van der Waals surface area (Å²) in [4.78, 5) is 11.2. The van der Waals surface area contributed by atoms with Gasteiger partial charge in [0.05, 0.1) is 6.04 Å². The molecule has 0 saturated heterocycles. The van der Waals surface area contributed by atoms with E-state index in [9.17, 15) is 4.79 Å². The highest BCUT2D eigenvalue weighted by atomic mass is 16.1. The van der Waals surface area contributed by atoms with Crippen molar-refractivity contribution in [2.75, 3.05) is 0 Å². The molecule has 3 N–H and O–H groups in total. The summed E-state index contributed by atoms with van der Waals surface area (Å²) in [5.41, 5.74) is 5.34. The van der Waals surface area contributed by atoms with E-state index >= 15 is 0 Å². The van der Waals surface area contributed by atoms with Crippen LogP contribution in [0.1, 0.15) is 47.0 Å². The maximum atomic E-state index is 11.2. The third kappa shape index (κ3) is 4.61. The zero-order valence-electron chi connectivity index (χ0n) is 9.84. The smallest absolute Gasteiger partial charge is 0.234 e. The average molecular weight is 200 g/mol. The first-order chi connectivity index (χ1) is 6.52. The number of carbonyl (C=O) groups excluding carboxylic acids is 1. The maximum Gasteiger partial charge on any atom is 0.234 e. The summed E-state index contributed by atoms with van der Waals surface area (Å²) < 4.78 is 0. The lowest BCUT2D eigenvalue weighted by Gasteiger charge is -2.25. The van der Waals surface area contributed by atoms with E-state index in [1.807, 2.05) is 13.8 Å². The van der Waals surface area contributed by atoms with E-state index < -0.39 is 0 Å². The Morgan fingerprint density at radius 3 is 2.21 bits per heavy atom. The molecule has 0 bridgehead atoms. The third-order valence-electron chi connectivity index (χ3n) is 2.52. The van der Waals surface area contributed by atoms with Gasteiger partial charge in [0, 0.05) is 6.04 Å². The molecule has 0 saturated carbocycles. The molecule has 0 aliphatic heterocycles. The van der Waals surface area contributed by atoms with Crippen molar-refractivity contribution in [2.24, 2.45) is 11.7 Å². The maximum absolute atomic E-state index is 11.2. The van der Waals surface area contributed by atoms with Crippen molar-refractivity contribution in [3.63, 3.8) is 0 Å². The molecule has 3 nitrogen and oxygen atoms in total. The molecule has 1 amide bonds. The Labute approximate surface area is 87.4 Å². The molecule has 0 aliphatic rings. The molecule has 84 valence electrons. The van der Waals surface area contributed by atoms with Crippen molar-refractivity contribution >= 4 is 5.91 Å². The van der Waals surface area contributed by atoms with Crippen molar-refractivity contribution in [1.82, 2.24) is 5.32 Å². The van der Waals surface area contributed by atoms with Crippen LogP contribution in [-0.4, -0.2) is 18.0 Å². The summed E-state index contributed by atoms with van der Waals surface area (Å²) >= 11 is 0. The number of hydrogen-bond acceptors (Lipinski definition) is 2. The first-order valence-electron chi connectivity index (χ1n) is 5.58. The number of primary amides is 1. The molecule has 0 spiro atoms. The lowest BCUT2D eigenvalue weighted by atomic mass is 10.0. The molecule has 0 rings (SSSR count).